The van der Waals surface area contributed by atoms with Gasteiger partial charge in [0.25, 0.3) is 5.91 Å². The highest BCUT2D eigenvalue weighted by molar-refractivity contribution is 5.86. The van der Waals surface area contributed by atoms with Crippen LogP contribution in [0.15, 0.2) is 0 Å². The lowest BCUT2D eigenvalue weighted by atomic mass is 9.99. The van der Waals surface area contributed by atoms with Crippen LogP contribution in [0.1, 0.15) is 20.3 Å². The fourth-order valence-electron chi connectivity index (χ4n) is 1.02. The highest BCUT2D eigenvalue weighted by atomic mass is 16.6. The van der Waals surface area contributed by atoms with Crippen molar-refractivity contribution < 1.29 is 14.4 Å². The second kappa shape index (κ2) is 6.20. The molecule has 3 amide bonds. The maximum atomic E-state index is 11.4. The quantitative estimate of drug-likeness (QED) is 0.538. The molecule has 0 aliphatic rings. The third kappa shape index (κ3) is 4.08. The lowest BCUT2D eigenvalue weighted by Crippen LogP contribution is -2.51. The summed E-state index contributed by atoms with van der Waals surface area (Å²) in [7, 11) is 1.33. The Kier molecular flexibility index (Phi) is 5.62. The van der Waals surface area contributed by atoms with Gasteiger partial charge in [-0.25, -0.2) is 10.3 Å². The van der Waals surface area contributed by atoms with Crippen molar-refractivity contribution in [1.82, 2.24) is 10.8 Å². The van der Waals surface area contributed by atoms with Crippen LogP contribution in [-0.4, -0.2) is 25.1 Å². The predicted molar refractivity (Wildman–Crippen MR) is 51.1 cm³/mol. The molecule has 0 radical (unpaired) electrons. The molecule has 0 fully saturated rings. The Morgan fingerprint density at radius 3 is 2.43 bits per heavy atom. The number of hydrogen-bond acceptors (Lipinski definition) is 3. The zero-order valence-corrected chi connectivity index (χ0v) is 8.66. The minimum Gasteiger partial charge on any atom is -0.352 e. The zero-order chi connectivity index (χ0) is 11.1. The second-order valence-electron chi connectivity index (χ2n) is 3.04. The molecule has 0 heterocycles. The van der Waals surface area contributed by atoms with Crippen molar-refractivity contribution in [1.29, 1.82) is 0 Å². The van der Waals surface area contributed by atoms with Crippen molar-refractivity contribution >= 4 is 11.9 Å². The second-order valence-corrected chi connectivity index (χ2v) is 3.04. The fourth-order valence-corrected chi connectivity index (χ4v) is 1.02. The van der Waals surface area contributed by atoms with E-state index in [1.54, 1.807) is 0 Å². The largest absolute Gasteiger partial charge is 0.352 e. The van der Waals surface area contributed by atoms with Crippen LogP contribution >= 0.6 is 0 Å². The number of hydrogen-bond donors (Lipinski definition) is 3. The van der Waals surface area contributed by atoms with E-state index < -0.39 is 18.0 Å². The molecule has 0 aliphatic carbocycles. The molecule has 82 valence electrons. The minimum atomic E-state index is -0.721. The number of nitrogens with two attached hydrogens (primary N) is 1. The molecule has 0 aromatic heterocycles. The molecule has 0 spiro atoms. The molecule has 0 saturated heterocycles. The van der Waals surface area contributed by atoms with Gasteiger partial charge in [-0.3, -0.25) is 9.63 Å². The van der Waals surface area contributed by atoms with Crippen LogP contribution in [0.25, 0.3) is 0 Å². The number of rotatable bonds is 5. The van der Waals surface area contributed by atoms with Gasteiger partial charge in [0.05, 0.1) is 7.11 Å². The van der Waals surface area contributed by atoms with Crippen LogP contribution in [0, 0.1) is 5.92 Å². The van der Waals surface area contributed by atoms with Gasteiger partial charge in [0.15, 0.2) is 0 Å². The van der Waals surface area contributed by atoms with E-state index in [9.17, 15) is 9.59 Å². The van der Waals surface area contributed by atoms with Gasteiger partial charge in [0, 0.05) is 0 Å². The summed E-state index contributed by atoms with van der Waals surface area (Å²) in [5.41, 5.74) is 7.11. The summed E-state index contributed by atoms with van der Waals surface area (Å²) in [5, 5.41) is 2.36. The molecular formula is C8H17N3O3. The highest BCUT2D eigenvalue weighted by Crippen LogP contribution is 2.07. The maximum absolute atomic E-state index is 11.4. The SMILES string of the molecule is CCC(C)C(NC(N)=O)C(=O)NOC. The van der Waals surface area contributed by atoms with Crippen molar-refractivity contribution in [3.63, 3.8) is 0 Å². The van der Waals surface area contributed by atoms with Crippen LogP contribution in [0.3, 0.4) is 0 Å². The Morgan fingerprint density at radius 2 is 2.07 bits per heavy atom. The molecule has 6 nitrogen and oxygen atoms in total. The van der Waals surface area contributed by atoms with E-state index in [0.29, 0.717) is 0 Å². The summed E-state index contributed by atoms with van der Waals surface area (Å²) in [4.78, 5) is 26.5. The Labute approximate surface area is 83.1 Å². The lowest BCUT2D eigenvalue weighted by molar-refractivity contribution is -0.134. The van der Waals surface area contributed by atoms with Crippen molar-refractivity contribution in [3.8, 4) is 0 Å². The number of urea groups is 1. The van der Waals surface area contributed by atoms with Crippen molar-refractivity contribution in [3.05, 3.63) is 0 Å². The Bertz CT molecular complexity index is 208. The molecule has 0 saturated carbocycles. The molecule has 0 aliphatic heterocycles. The van der Waals surface area contributed by atoms with Gasteiger partial charge in [-0.1, -0.05) is 20.3 Å². The molecule has 14 heavy (non-hydrogen) atoms. The Hall–Kier alpha value is -1.30. The third-order valence-corrected chi connectivity index (χ3v) is 2.00. The monoisotopic (exact) mass is 203 g/mol. The standard InChI is InChI=1S/C8H17N3O3/c1-4-5(2)6(10-8(9)13)7(12)11-14-3/h5-6H,4H2,1-3H3,(H,11,12)(H3,9,10,13). The zero-order valence-electron chi connectivity index (χ0n) is 8.66. The van der Waals surface area contributed by atoms with E-state index in [4.69, 9.17) is 5.73 Å². The average molecular weight is 203 g/mol. The molecule has 0 aromatic carbocycles. The van der Waals surface area contributed by atoms with Gasteiger partial charge in [-0.15, -0.1) is 0 Å². The lowest BCUT2D eigenvalue weighted by Gasteiger charge is -2.21. The summed E-state index contributed by atoms with van der Waals surface area (Å²) in [6.07, 6.45) is 0.752. The Balaban J connectivity index is 4.37. The van der Waals surface area contributed by atoms with E-state index in [1.807, 2.05) is 13.8 Å². The maximum Gasteiger partial charge on any atom is 0.312 e. The molecule has 4 N–H and O–H groups in total. The first kappa shape index (κ1) is 12.7. The number of primary amides is 1. The van der Waals surface area contributed by atoms with Crippen LogP contribution in [0.2, 0.25) is 0 Å². The van der Waals surface area contributed by atoms with Crippen LogP contribution in [0.5, 0.6) is 0 Å². The molecule has 0 aromatic rings. The highest BCUT2D eigenvalue weighted by Gasteiger charge is 2.24. The number of hydroxylamine groups is 1. The molecular weight excluding hydrogens is 186 g/mol. The third-order valence-electron chi connectivity index (χ3n) is 2.00. The van der Waals surface area contributed by atoms with Crippen LogP contribution in [-0.2, 0) is 9.63 Å². The summed E-state index contributed by atoms with van der Waals surface area (Å²) in [6.45, 7) is 3.76. The molecule has 0 bridgehead atoms. The minimum absolute atomic E-state index is 0.00218. The topological polar surface area (TPSA) is 93.5 Å². The van der Waals surface area contributed by atoms with Gasteiger partial charge in [-0.05, 0) is 5.92 Å². The number of carbonyl (C=O) groups excluding carboxylic acids is 2. The van der Waals surface area contributed by atoms with E-state index in [-0.39, 0.29) is 5.92 Å². The van der Waals surface area contributed by atoms with Crippen molar-refractivity contribution in [2.24, 2.45) is 11.7 Å². The smallest absolute Gasteiger partial charge is 0.312 e. The summed E-state index contributed by atoms with van der Waals surface area (Å²) in [5.74, 6) is -0.404. The Morgan fingerprint density at radius 1 is 1.50 bits per heavy atom. The van der Waals surface area contributed by atoms with E-state index >= 15 is 0 Å². The van der Waals surface area contributed by atoms with Gasteiger partial charge >= 0.3 is 6.03 Å². The first-order chi connectivity index (χ1) is 6.52. The van der Waals surface area contributed by atoms with Crippen molar-refractivity contribution in [2.75, 3.05) is 7.11 Å². The first-order valence-corrected chi connectivity index (χ1v) is 4.41. The van der Waals surface area contributed by atoms with E-state index in [2.05, 4.69) is 15.6 Å². The summed E-state index contributed by atoms with van der Waals surface area (Å²) in [6, 6.07) is -1.38. The summed E-state index contributed by atoms with van der Waals surface area (Å²) < 4.78 is 0. The van der Waals surface area contributed by atoms with Gasteiger partial charge in [0.2, 0.25) is 0 Å². The number of amides is 3. The molecule has 2 unspecified atom stereocenters. The molecule has 2 atom stereocenters. The number of carbonyl (C=O) groups is 2. The van der Waals surface area contributed by atoms with E-state index in [0.717, 1.165) is 6.42 Å². The van der Waals surface area contributed by atoms with Gasteiger partial charge < -0.3 is 11.1 Å². The van der Waals surface area contributed by atoms with Crippen molar-refractivity contribution in [2.45, 2.75) is 26.3 Å². The fraction of sp³-hybridized carbons (Fsp3) is 0.750. The predicted octanol–water partition coefficient (Wildman–Crippen LogP) is -0.253. The van der Waals surface area contributed by atoms with Gasteiger partial charge in [-0.2, -0.15) is 0 Å². The summed E-state index contributed by atoms with van der Waals surface area (Å²) >= 11 is 0. The average Bonchev–Trinajstić information content (AvgIpc) is 2.13. The molecule has 6 heteroatoms. The number of nitrogens with one attached hydrogen (secondary N) is 2. The molecule has 0 rings (SSSR count). The first-order valence-electron chi connectivity index (χ1n) is 4.41. The van der Waals surface area contributed by atoms with Crippen LogP contribution < -0.4 is 16.5 Å². The van der Waals surface area contributed by atoms with Gasteiger partial charge in [0.1, 0.15) is 6.04 Å². The van der Waals surface area contributed by atoms with E-state index in [1.165, 1.54) is 7.11 Å². The normalized spacial score (nSPS) is 14.2. The van der Waals surface area contributed by atoms with Crippen LogP contribution in [0.4, 0.5) is 4.79 Å².